The van der Waals surface area contributed by atoms with E-state index < -0.39 is 0 Å². The first-order valence-electron chi connectivity index (χ1n) is 4.93. The van der Waals surface area contributed by atoms with Crippen LogP contribution < -0.4 is 0 Å². The standard InChI is InChI=1S/C12H12ClNS/c1-8-6-11(9(2)5-10(8)13)15-12(7-14)3-4-12/h5-6H,3-4H2,1-2H3. The van der Waals surface area contributed by atoms with Gasteiger partial charge >= 0.3 is 0 Å². The van der Waals surface area contributed by atoms with Gasteiger partial charge < -0.3 is 0 Å². The van der Waals surface area contributed by atoms with E-state index in [9.17, 15) is 0 Å². The number of hydrogen-bond donors (Lipinski definition) is 0. The van der Waals surface area contributed by atoms with Gasteiger partial charge in [-0.3, -0.25) is 0 Å². The van der Waals surface area contributed by atoms with Crippen LogP contribution in [-0.4, -0.2) is 4.75 Å². The second-order valence-corrected chi connectivity index (χ2v) is 5.91. The third-order valence-corrected chi connectivity index (χ3v) is 4.63. The Morgan fingerprint density at radius 2 is 2.00 bits per heavy atom. The second-order valence-electron chi connectivity index (χ2n) is 4.08. The third-order valence-electron chi connectivity index (χ3n) is 2.67. The summed E-state index contributed by atoms with van der Waals surface area (Å²) in [6.07, 6.45) is 2.02. The van der Waals surface area contributed by atoms with Crippen LogP contribution >= 0.6 is 23.4 Å². The Morgan fingerprint density at radius 1 is 1.33 bits per heavy atom. The summed E-state index contributed by atoms with van der Waals surface area (Å²) < 4.78 is -0.148. The van der Waals surface area contributed by atoms with E-state index in [0.29, 0.717) is 0 Å². The molecule has 0 atom stereocenters. The van der Waals surface area contributed by atoms with Crippen LogP contribution in [0.3, 0.4) is 0 Å². The van der Waals surface area contributed by atoms with Crippen LogP contribution in [0.1, 0.15) is 24.0 Å². The molecule has 1 aliphatic rings. The molecule has 0 N–H and O–H groups in total. The lowest BCUT2D eigenvalue weighted by Crippen LogP contribution is -1.98. The van der Waals surface area contributed by atoms with Gasteiger partial charge in [-0.25, -0.2) is 0 Å². The van der Waals surface area contributed by atoms with E-state index in [-0.39, 0.29) is 4.75 Å². The van der Waals surface area contributed by atoms with Crippen LogP contribution in [0.25, 0.3) is 0 Å². The van der Waals surface area contributed by atoms with Crippen LogP contribution in [0.4, 0.5) is 0 Å². The van der Waals surface area contributed by atoms with Crippen molar-refractivity contribution < 1.29 is 0 Å². The summed E-state index contributed by atoms with van der Waals surface area (Å²) in [6.45, 7) is 4.04. The van der Waals surface area contributed by atoms with Gasteiger partial charge in [0.05, 0.1) is 6.07 Å². The number of nitrogens with zero attached hydrogens (tertiary/aromatic N) is 1. The zero-order valence-electron chi connectivity index (χ0n) is 8.80. The molecule has 1 aromatic rings. The number of nitriles is 1. The number of aryl methyl sites for hydroxylation is 2. The molecule has 0 spiro atoms. The minimum absolute atomic E-state index is 0.148. The molecule has 0 saturated heterocycles. The summed E-state index contributed by atoms with van der Waals surface area (Å²) in [4.78, 5) is 1.19. The van der Waals surface area contributed by atoms with Gasteiger partial charge in [-0.1, -0.05) is 11.6 Å². The average Bonchev–Trinajstić information content (AvgIpc) is 2.95. The van der Waals surface area contributed by atoms with Crippen molar-refractivity contribution in [2.75, 3.05) is 0 Å². The predicted octanol–water partition coefficient (Wildman–Crippen LogP) is 4.11. The van der Waals surface area contributed by atoms with Crippen LogP contribution in [0, 0.1) is 25.2 Å². The van der Waals surface area contributed by atoms with Crippen LogP contribution in [0.5, 0.6) is 0 Å². The highest BCUT2D eigenvalue weighted by molar-refractivity contribution is 8.01. The van der Waals surface area contributed by atoms with Gasteiger partial charge in [-0.15, -0.1) is 11.8 Å². The monoisotopic (exact) mass is 237 g/mol. The Hall–Kier alpha value is -0.650. The quantitative estimate of drug-likeness (QED) is 0.773. The fourth-order valence-electron chi connectivity index (χ4n) is 1.43. The minimum atomic E-state index is -0.148. The molecule has 1 aromatic carbocycles. The molecule has 3 heteroatoms. The highest BCUT2D eigenvalue weighted by atomic mass is 35.5. The predicted molar refractivity (Wildman–Crippen MR) is 64.4 cm³/mol. The highest BCUT2D eigenvalue weighted by Crippen LogP contribution is 2.52. The van der Waals surface area contributed by atoms with Crippen molar-refractivity contribution in [1.29, 1.82) is 5.26 Å². The summed E-state index contributed by atoms with van der Waals surface area (Å²) in [6, 6.07) is 6.45. The number of thioether (sulfide) groups is 1. The third kappa shape index (κ3) is 2.14. The summed E-state index contributed by atoms with van der Waals surface area (Å²) in [5.41, 5.74) is 2.25. The minimum Gasteiger partial charge on any atom is -0.197 e. The molecule has 78 valence electrons. The molecule has 1 saturated carbocycles. The molecule has 0 amide bonds. The van der Waals surface area contributed by atoms with Crippen molar-refractivity contribution in [1.82, 2.24) is 0 Å². The van der Waals surface area contributed by atoms with Crippen molar-refractivity contribution >= 4 is 23.4 Å². The fraction of sp³-hybridized carbons (Fsp3) is 0.417. The zero-order valence-corrected chi connectivity index (χ0v) is 10.4. The Kier molecular flexibility index (Phi) is 2.70. The molecular formula is C12H12ClNS. The molecule has 0 unspecified atom stereocenters. The number of benzene rings is 1. The van der Waals surface area contributed by atoms with Gasteiger partial charge in [0.15, 0.2) is 0 Å². The lowest BCUT2D eigenvalue weighted by Gasteiger charge is -2.10. The first-order valence-corrected chi connectivity index (χ1v) is 6.13. The summed E-state index contributed by atoms with van der Waals surface area (Å²) >= 11 is 7.72. The lowest BCUT2D eigenvalue weighted by molar-refractivity contribution is 1.17. The van der Waals surface area contributed by atoms with Crippen molar-refractivity contribution in [2.24, 2.45) is 0 Å². The van der Waals surface area contributed by atoms with Crippen molar-refractivity contribution in [3.63, 3.8) is 0 Å². The van der Waals surface area contributed by atoms with Gasteiger partial charge in [-0.2, -0.15) is 5.26 Å². The normalized spacial score (nSPS) is 17.2. The van der Waals surface area contributed by atoms with E-state index in [1.54, 1.807) is 11.8 Å². The molecule has 0 bridgehead atoms. The van der Waals surface area contributed by atoms with E-state index in [1.165, 1.54) is 4.90 Å². The van der Waals surface area contributed by atoms with Gasteiger partial charge in [0.25, 0.3) is 0 Å². The summed E-state index contributed by atoms with van der Waals surface area (Å²) in [5, 5.41) is 9.84. The van der Waals surface area contributed by atoms with Gasteiger partial charge in [0, 0.05) is 9.92 Å². The maximum atomic E-state index is 9.04. The number of halogens is 1. The largest absolute Gasteiger partial charge is 0.197 e. The van der Waals surface area contributed by atoms with Crippen LogP contribution in [0.15, 0.2) is 17.0 Å². The molecular weight excluding hydrogens is 226 g/mol. The lowest BCUT2D eigenvalue weighted by atomic mass is 10.2. The molecule has 0 aliphatic heterocycles. The first kappa shape index (κ1) is 10.9. The second kappa shape index (κ2) is 3.73. The van der Waals surface area contributed by atoms with Gasteiger partial charge in [-0.05, 0) is 49.9 Å². The maximum absolute atomic E-state index is 9.04. The Labute approximate surface area is 99.4 Å². The summed E-state index contributed by atoms with van der Waals surface area (Å²) in [7, 11) is 0. The topological polar surface area (TPSA) is 23.8 Å². The van der Waals surface area contributed by atoms with E-state index in [2.05, 4.69) is 12.1 Å². The maximum Gasteiger partial charge on any atom is 0.107 e. The molecule has 15 heavy (non-hydrogen) atoms. The Morgan fingerprint density at radius 3 is 2.53 bits per heavy atom. The number of hydrogen-bond acceptors (Lipinski definition) is 2. The smallest absolute Gasteiger partial charge is 0.107 e. The molecule has 0 aromatic heterocycles. The molecule has 1 nitrogen and oxygen atoms in total. The SMILES string of the molecule is Cc1cc(SC2(C#N)CC2)c(C)cc1Cl. The van der Waals surface area contributed by atoms with Gasteiger partial charge in [0.2, 0.25) is 0 Å². The van der Waals surface area contributed by atoms with E-state index in [0.717, 1.165) is 29.0 Å². The van der Waals surface area contributed by atoms with E-state index in [4.69, 9.17) is 16.9 Å². The zero-order chi connectivity index (χ0) is 11.1. The molecule has 0 heterocycles. The number of rotatable bonds is 2. The van der Waals surface area contributed by atoms with E-state index in [1.807, 2.05) is 19.9 Å². The molecule has 0 radical (unpaired) electrons. The molecule has 1 aliphatic carbocycles. The molecule has 2 rings (SSSR count). The van der Waals surface area contributed by atoms with Crippen molar-refractivity contribution in [2.45, 2.75) is 36.3 Å². The van der Waals surface area contributed by atoms with E-state index >= 15 is 0 Å². The Balaban J connectivity index is 2.30. The van der Waals surface area contributed by atoms with Gasteiger partial charge in [0.1, 0.15) is 4.75 Å². The highest BCUT2D eigenvalue weighted by Gasteiger charge is 2.44. The fourth-order valence-corrected chi connectivity index (χ4v) is 2.87. The summed E-state index contributed by atoms with van der Waals surface area (Å²) in [5.74, 6) is 0. The van der Waals surface area contributed by atoms with Crippen LogP contribution in [-0.2, 0) is 0 Å². The van der Waals surface area contributed by atoms with Crippen LogP contribution in [0.2, 0.25) is 5.02 Å². The first-order chi connectivity index (χ1) is 7.06. The van der Waals surface area contributed by atoms with Crippen molar-refractivity contribution in [3.05, 3.63) is 28.3 Å². The van der Waals surface area contributed by atoms with Crippen molar-refractivity contribution in [3.8, 4) is 6.07 Å². The Bertz CT molecular complexity index is 444. The average molecular weight is 238 g/mol. The molecule has 1 fully saturated rings.